The first-order valence-corrected chi connectivity index (χ1v) is 8.21. The van der Waals surface area contributed by atoms with E-state index in [1.807, 2.05) is 18.2 Å². The fourth-order valence-corrected chi connectivity index (χ4v) is 5.30. The highest BCUT2D eigenvalue weighted by molar-refractivity contribution is 5.90. The molecule has 1 aromatic rings. The van der Waals surface area contributed by atoms with E-state index in [1.165, 1.54) is 39.2 Å². The van der Waals surface area contributed by atoms with Gasteiger partial charge in [0, 0.05) is 11.7 Å². The van der Waals surface area contributed by atoms with Gasteiger partial charge in [-0.25, -0.2) is 4.79 Å². The van der Waals surface area contributed by atoms with Gasteiger partial charge in [-0.05, 0) is 67.6 Å². The van der Waals surface area contributed by atoms with Crippen LogP contribution in [0.15, 0.2) is 24.3 Å². The maximum atomic E-state index is 11.6. The summed E-state index contributed by atoms with van der Waals surface area (Å²) < 4.78 is 4.80. The molecule has 3 fully saturated rings. The van der Waals surface area contributed by atoms with Crippen LogP contribution < -0.4 is 5.32 Å². The fraction of sp³-hybridized carbons (Fsp3) is 0.611. The van der Waals surface area contributed by atoms with E-state index >= 15 is 0 Å². The Morgan fingerprint density at radius 1 is 1.19 bits per heavy atom. The van der Waals surface area contributed by atoms with Gasteiger partial charge in [0.25, 0.3) is 0 Å². The van der Waals surface area contributed by atoms with Crippen molar-refractivity contribution in [2.45, 2.75) is 38.1 Å². The third-order valence-electron chi connectivity index (χ3n) is 6.06. The number of esters is 1. The van der Waals surface area contributed by atoms with Crippen LogP contribution in [-0.2, 0) is 4.74 Å². The summed E-state index contributed by atoms with van der Waals surface area (Å²) in [4.78, 5) is 11.6. The maximum Gasteiger partial charge on any atom is 0.337 e. The van der Waals surface area contributed by atoms with E-state index in [4.69, 9.17) is 4.74 Å². The number of benzene rings is 1. The topological polar surface area (TPSA) is 38.3 Å². The summed E-state index contributed by atoms with van der Waals surface area (Å²) in [7, 11) is 1.43. The van der Waals surface area contributed by atoms with E-state index in [0.717, 1.165) is 29.4 Å². The number of anilines is 1. The molecule has 3 aliphatic carbocycles. The van der Waals surface area contributed by atoms with E-state index in [-0.39, 0.29) is 5.97 Å². The smallest absolute Gasteiger partial charge is 0.337 e. The molecule has 21 heavy (non-hydrogen) atoms. The van der Waals surface area contributed by atoms with Crippen molar-refractivity contribution in [3.8, 4) is 0 Å². The lowest BCUT2D eigenvalue weighted by Crippen LogP contribution is -2.33. The van der Waals surface area contributed by atoms with Crippen molar-refractivity contribution in [2.75, 3.05) is 12.4 Å². The number of ether oxygens (including phenoxy) is 1. The summed E-state index contributed by atoms with van der Waals surface area (Å²) in [6.45, 7) is 0. The van der Waals surface area contributed by atoms with Crippen LogP contribution in [0, 0.1) is 23.7 Å². The molecule has 0 spiro atoms. The predicted octanol–water partition coefficient (Wildman–Crippen LogP) is 3.71. The zero-order valence-corrected chi connectivity index (χ0v) is 12.5. The highest BCUT2D eigenvalue weighted by Crippen LogP contribution is 2.59. The molecule has 0 aromatic heterocycles. The van der Waals surface area contributed by atoms with E-state index in [9.17, 15) is 4.79 Å². The third-order valence-corrected chi connectivity index (χ3v) is 6.06. The van der Waals surface area contributed by atoms with Crippen LogP contribution in [0.1, 0.15) is 42.5 Å². The molecule has 3 saturated carbocycles. The van der Waals surface area contributed by atoms with Gasteiger partial charge in [0.15, 0.2) is 0 Å². The van der Waals surface area contributed by atoms with E-state index < -0.39 is 0 Å². The Balaban J connectivity index is 1.49. The minimum Gasteiger partial charge on any atom is -0.465 e. The van der Waals surface area contributed by atoms with Crippen molar-refractivity contribution in [2.24, 2.45) is 23.7 Å². The summed E-state index contributed by atoms with van der Waals surface area (Å²) >= 11 is 0. The van der Waals surface area contributed by atoms with Crippen molar-refractivity contribution >= 4 is 11.7 Å². The highest BCUT2D eigenvalue weighted by Gasteiger charge is 2.53. The molecule has 3 aliphatic rings. The van der Waals surface area contributed by atoms with E-state index in [0.29, 0.717) is 11.6 Å². The minimum absolute atomic E-state index is 0.262. The standard InChI is InChI=1S/C18H23NO2/c1-21-18(20)11-4-2-5-13(8-11)19-17-10-12-9-16(17)15-7-3-6-14(12)15/h2,4-5,8,12,14-17,19H,3,6-7,9-10H2,1H3. The molecular weight excluding hydrogens is 262 g/mol. The molecule has 4 rings (SSSR count). The Morgan fingerprint density at radius 2 is 2.05 bits per heavy atom. The van der Waals surface area contributed by atoms with Gasteiger partial charge >= 0.3 is 5.97 Å². The van der Waals surface area contributed by atoms with Crippen LogP contribution >= 0.6 is 0 Å². The molecule has 5 atom stereocenters. The van der Waals surface area contributed by atoms with Gasteiger partial charge in [0.1, 0.15) is 0 Å². The number of rotatable bonds is 3. The summed E-state index contributed by atoms with van der Waals surface area (Å²) in [5, 5.41) is 3.70. The van der Waals surface area contributed by atoms with Gasteiger partial charge in [-0.2, -0.15) is 0 Å². The monoisotopic (exact) mass is 285 g/mol. The lowest BCUT2D eigenvalue weighted by atomic mass is 9.79. The molecule has 3 nitrogen and oxygen atoms in total. The van der Waals surface area contributed by atoms with Gasteiger partial charge in [-0.3, -0.25) is 0 Å². The average Bonchev–Trinajstić information content (AvgIpc) is 3.19. The minimum atomic E-state index is -0.262. The Bertz CT molecular complexity index is 556. The Hall–Kier alpha value is -1.51. The van der Waals surface area contributed by atoms with Crippen molar-refractivity contribution < 1.29 is 9.53 Å². The van der Waals surface area contributed by atoms with Gasteiger partial charge in [-0.15, -0.1) is 0 Å². The van der Waals surface area contributed by atoms with Crippen LogP contribution in [0.4, 0.5) is 5.69 Å². The molecule has 3 heteroatoms. The molecule has 0 radical (unpaired) electrons. The molecule has 0 amide bonds. The normalized spacial score (nSPS) is 36.5. The largest absolute Gasteiger partial charge is 0.465 e. The molecule has 0 saturated heterocycles. The lowest BCUT2D eigenvalue weighted by Gasteiger charge is -2.32. The van der Waals surface area contributed by atoms with E-state index in [1.54, 1.807) is 0 Å². The average molecular weight is 285 g/mol. The van der Waals surface area contributed by atoms with Gasteiger partial charge in [0.2, 0.25) is 0 Å². The van der Waals surface area contributed by atoms with Crippen LogP contribution in [0.2, 0.25) is 0 Å². The number of methoxy groups -OCH3 is 1. The SMILES string of the molecule is COC(=O)c1cccc(NC2CC3CC2C2CCCC32)c1. The third kappa shape index (κ3) is 2.14. The van der Waals surface area contributed by atoms with Crippen molar-refractivity contribution in [1.29, 1.82) is 0 Å². The zero-order chi connectivity index (χ0) is 14.4. The maximum absolute atomic E-state index is 11.6. The second-order valence-corrected chi connectivity index (χ2v) is 6.98. The molecule has 1 N–H and O–H groups in total. The number of carbonyl (C=O) groups excluding carboxylic acids is 1. The first-order chi connectivity index (χ1) is 10.3. The second kappa shape index (κ2) is 5.04. The second-order valence-electron chi connectivity index (χ2n) is 6.98. The molecular formula is C18H23NO2. The number of fused-ring (bicyclic) bond motifs is 5. The Labute approximate surface area is 126 Å². The number of hydrogen-bond acceptors (Lipinski definition) is 3. The van der Waals surface area contributed by atoms with Crippen LogP contribution in [-0.4, -0.2) is 19.1 Å². The molecule has 5 unspecified atom stereocenters. The Morgan fingerprint density at radius 3 is 2.90 bits per heavy atom. The summed E-state index contributed by atoms with van der Waals surface area (Å²) in [5.74, 6) is 3.52. The van der Waals surface area contributed by atoms with Gasteiger partial charge in [0.05, 0.1) is 12.7 Å². The van der Waals surface area contributed by atoms with E-state index in [2.05, 4.69) is 11.4 Å². The lowest BCUT2D eigenvalue weighted by molar-refractivity contribution is 0.0601. The molecule has 2 bridgehead atoms. The number of carbonyl (C=O) groups is 1. The van der Waals surface area contributed by atoms with Crippen LogP contribution in [0.25, 0.3) is 0 Å². The molecule has 0 heterocycles. The number of nitrogens with one attached hydrogen (secondary N) is 1. The predicted molar refractivity (Wildman–Crippen MR) is 82.2 cm³/mol. The molecule has 1 aromatic carbocycles. The summed E-state index contributed by atoms with van der Waals surface area (Å²) in [6, 6.07) is 8.32. The Kier molecular flexibility index (Phi) is 3.16. The molecule has 112 valence electrons. The van der Waals surface area contributed by atoms with Crippen LogP contribution in [0.5, 0.6) is 0 Å². The first-order valence-electron chi connectivity index (χ1n) is 8.21. The highest BCUT2D eigenvalue weighted by atomic mass is 16.5. The summed E-state index contributed by atoms with van der Waals surface area (Å²) in [6.07, 6.45) is 7.08. The van der Waals surface area contributed by atoms with Crippen molar-refractivity contribution in [3.05, 3.63) is 29.8 Å². The fourth-order valence-electron chi connectivity index (χ4n) is 5.30. The first kappa shape index (κ1) is 13.2. The van der Waals surface area contributed by atoms with Gasteiger partial charge in [-0.1, -0.05) is 12.5 Å². The van der Waals surface area contributed by atoms with Crippen molar-refractivity contribution in [1.82, 2.24) is 0 Å². The van der Waals surface area contributed by atoms with Crippen molar-refractivity contribution in [3.63, 3.8) is 0 Å². The zero-order valence-electron chi connectivity index (χ0n) is 12.5. The van der Waals surface area contributed by atoms with Crippen LogP contribution in [0.3, 0.4) is 0 Å². The summed E-state index contributed by atoms with van der Waals surface area (Å²) in [5.41, 5.74) is 1.69. The number of hydrogen-bond donors (Lipinski definition) is 1. The molecule has 0 aliphatic heterocycles. The van der Waals surface area contributed by atoms with Gasteiger partial charge < -0.3 is 10.1 Å². The quantitative estimate of drug-likeness (QED) is 0.860.